The minimum Gasteiger partial charge on any atom is -0.374 e. The van der Waals surface area contributed by atoms with Crippen LogP contribution in [0.4, 0.5) is 0 Å². The molecule has 2 fully saturated rings. The largest absolute Gasteiger partial charge is 0.374 e. The smallest absolute Gasteiger partial charge is 0.223 e. The van der Waals surface area contributed by atoms with Gasteiger partial charge in [-0.2, -0.15) is 0 Å². The minimum atomic E-state index is 0.0575. The van der Waals surface area contributed by atoms with Crippen LogP contribution < -0.4 is 11.1 Å². The number of ether oxygens (including phenoxy) is 1. The molecular formula is C16H31N3O2. The van der Waals surface area contributed by atoms with E-state index in [2.05, 4.69) is 31.0 Å². The van der Waals surface area contributed by atoms with Gasteiger partial charge in [-0.25, -0.2) is 0 Å². The van der Waals surface area contributed by atoms with Gasteiger partial charge in [-0.3, -0.25) is 9.69 Å². The summed E-state index contributed by atoms with van der Waals surface area (Å²) in [5.74, 6) is 1.15. The molecule has 2 aliphatic rings. The number of morpholine rings is 1. The lowest BCUT2D eigenvalue weighted by Crippen LogP contribution is -2.50. The van der Waals surface area contributed by atoms with Crippen LogP contribution in [0.25, 0.3) is 0 Å². The highest BCUT2D eigenvalue weighted by atomic mass is 16.5. The fraction of sp³-hybridized carbons (Fsp3) is 0.938. The molecule has 0 bridgehead atoms. The van der Waals surface area contributed by atoms with Crippen LogP contribution in [-0.2, 0) is 9.53 Å². The van der Waals surface area contributed by atoms with Gasteiger partial charge in [-0.15, -0.1) is 0 Å². The standard InChI is InChI=1S/C16H31N3O2/c1-4-19-5-6-21-13(10-19)9-18-16(20)14-8-15(17)12(3)7-11(14)2/h11-15H,4-10,17H2,1-3H3,(H,18,20). The first kappa shape index (κ1) is 16.7. The van der Waals surface area contributed by atoms with E-state index < -0.39 is 0 Å². The van der Waals surface area contributed by atoms with Gasteiger partial charge >= 0.3 is 0 Å². The second-order valence-corrected chi connectivity index (χ2v) is 6.83. The number of carbonyl (C=O) groups is 1. The summed E-state index contributed by atoms with van der Waals surface area (Å²) in [5.41, 5.74) is 6.13. The number of nitrogens with one attached hydrogen (secondary N) is 1. The molecule has 5 nitrogen and oxygen atoms in total. The van der Waals surface area contributed by atoms with Gasteiger partial charge in [0.2, 0.25) is 5.91 Å². The van der Waals surface area contributed by atoms with Crippen LogP contribution in [0.3, 0.4) is 0 Å². The zero-order valence-electron chi connectivity index (χ0n) is 13.7. The van der Waals surface area contributed by atoms with E-state index >= 15 is 0 Å². The normalized spacial score (nSPS) is 38.2. The first-order chi connectivity index (χ1) is 10.0. The fourth-order valence-electron chi connectivity index (χ4n) is 3.59. The molecule has 21 heavy (non-hydrogen) atoms. The number of carbonyl (C=O) groups excluding carboxylic acids is 1. The van der Waals surface area contributed by atoms with Crippen LogP contribution >= 0.6 is 0 Å². The Hall–Kier alpha value is -0.650. The maximum absolute atomic E-state index is 12.4. The van der Waals surface area contributed by atoms with Crippen LogP contribution in [0, 0.1) is 17.8 Å². The molecule has 1 aliphatic carbocycles. The molecule has 0 aromatic heterocycles. The van der Waals surface area contributed by atoms with Crippen molar-refractivity contribution in [2.24, 2.45) is 23.5 Å². The maximum Gasteiger partial charge on any atom is 0.223 e. The Balaban J connectivity index is 1.78. The van der Waals surface area contributed by atoms with Gasteiger partial charge in [0.1, 0.15) is 0 Å². The zero-order valence-corrected chi connectivity index (χ0v) is 13.7. The Morgan fingerprint density at radius 1 is 1.33 bits per heavy atom. The van der Waals surface area contributed by atoms with Crippen molar-refractivity contribution in [1.29, 1.82) is 0 Å². The first-order valence-corrected chi connectivity index (χ1v) is 8.38. The summed E-state index contributed by atoms with van der Waals surface area (Å²) >= 11 is 0. The number of likely N-dealkylation sites (N-methyl/N-ethyl adjacent to an activating group) is 1. The summed E-state index contributed by atoms with van der Waals surface area (Å²) in [4.78, 5) is 14.8. The SMILES string of the molecule is CCN1CCOC(CNC(=O)C2CC(N)C(C)CC2C)C1. The lowest BCUT2D eigenvalue weighted by molar-refractivity contribution is -0.129. The fourth-order valence-corrected chi connectivity index (χ4v) is 3.59. The van der Waals surface area contributed by atoms with Crippen LogP contribution in [0.1, 0.15) is 33.6 Å². The summed E-state index contributed by atoms with van der Waals surface area (Å²) in [7, 11) is 0. The molecule has 122 valence electrons. The second-order valence-electron chi connectivity index (χ2n) is 6.83. The Kier molecular flexibility index (Phi) is 6.02. The summed E-state index contributed by atoms with van der Waals surface area (Å²) in [6.07, 6.45) is 1.97. The highest BCUT2D eigenvalue weighted by Gasteiger charge is 2.35. The Labute approximate surface area is 128 Å². The van der Waals surface area contributed by atoms with E-state index in [1.807, 2.05) is 0 Å². The van der Waals surface area contributed by atoms with Gasteiger partial charge < -0.3 is 15.8 Å². The Morgan fingerprint density at radius 3 is 2.81 bits per heavy atom. The van der Waals surface area contributed by atoms with E-state index in [1.165, 1.54) is 0 Å². The van der Waals surface area contributed by atoms with E-state index in [0.717, 1.165) is 39.1 Å². The first-order valence-electron chi connectivity index (χ1n) is 8.38. The summed E-state index contributed by atoms with van der Waals surface area (Å²) in [6.45, 7) is 10.8. The van der Waals surface area contributed by atoms with Crippen molar-refractivity contribution in [1.82, 2.24) is 10.2 Å². The van der Waals surface area contributed by atoms with Crippen molar-refractivity contribution in [2.45, 2.75) is 45.8 Å². The molecule has 5 heteroatoms. The van der Waals surface area contributed by atoms with Crippen molar-refractivity contribution in [3.63, 3.8) is 0 Å². The van der Waals surface area contributed by atoms with Crippen molar-refractivity contribution in [2.75, 3.05) is 32.8 Å². The summed E-state index contributed by atoms with van der Waals surface area (Å²) < 4.78 is 5.73. The van der Waals surface area contributed by atoms with Gasteiger partial charge in [0, 0.05) is 31.6 Å². The van der Waals surface area contributed by atoms with E-state index in [0.29, 0.717) is 18.4 Å². The molecule has 0 spiro atoms. The van der Waals surface area contributed by atoms with Crippen LogP contribution in [-0.4, -0.2) is 55.7 Å². The van der Waals surface area contributed by atoms with Crippen LogP contribution in [0.5, 0.6) is 0 Å². The monoisotopic (exact) mass is 297 g/mol. The quantitative estimate of drug-likeness (QED) is 0.807. The van der Waals surface area contributed by atoms with Gasteiger partial charge in [-0.1, -0.05) is 20.8 Å². The number of hydrogen-bond donors (Lipinski definition) is 2. The van der Waals surface area contributed by atoms with E-state index in [9.17, 15) is 4.79 Å². The molecule has 1 heterocycles. The average Bonchev–Trinajstić information content (AvgIpc) is 2.48. The summed E-state index contributed by atoms with van der Waals surface area (Å²) in [5, 5.41) is 3.09. The third kappa shape index (κ3) is 4.41. The third-order valence-electron chi connectivity index (χ3n) is 5.20. The molecule has 2 rings (SSSR count). The van der Waals surface area contributed by atoms with Crippen LogP contribution in [0.15, 0.2) is 0 Å². The van der Waals surface area contributed by atoms with Crippen molar-refractivity contribution >= 4 is 5.91 Å². The van der Waals surface area contributed by atoms with Gasteiger partial charge in [0.15, 0.2) is 0 Å². The van der Waals surface area contributed by atoms with Gasteiger partial charge in [0.25, 0.3) is 0 Å². The molecule has 0 radical (unpaired) electrons. The maximum atomic E-state index is 12.4. The predicted octanol–water partition coefficient (Wildman–Crippen LogP) is 0.833. The van der Waals surface area contributed by atoms with Crippen molar-refractivity contribution in [3.8, 4) is 0 Å². The molecule has 5 atom stereocenters. The van der Waals surface area contributed by atoms with Crippen molar-refractivity contribution < 1.29 is 9.53 Å². The molecule has 5 unspecified atom stereocenters. The predicted molar refractivity (Wildman–Crippen MR) is 83.9 cm³/mol. The molecule has 1 amide bonds. The lowest BCUT2D eigenvalue weighted by Gasteiger charge is -2.37. The minimum absolute atomic E-state index is 0.0575. The molecule has 3 N–H and O–H groups in total. The highest BCUT2D eigenvalue weighted by Crippen LogP contribution is 2.32. The molecule has 1 aliphatic heterocycles. The zero-order chi connectivity index (χ0) is 15.4. The Morgan fingerprint density at radius 2 is 2.10 bits per heavy atom. The third-order valence-corrected chi connectivity index (χ3v) is 5.20. The van der Waals surface area contributed by atoms with E-state index in [1.54, 1.807) is 0 Å². The topological polar surface area (TPSA) is 67.6 Å². The van der Waals surface area contributed by atoms with Crippen LogP contribution in [0.2, 0.25) is 0 Å². The lowest BCUT2D eigenvalue weighted by atomic mass is 9.72. The van der Waals surface area contributed by atoms with Gasteiger partial charge in [-0.05, 0) is 31.2 Å². The highest BCUT2D eigenvalue weighted by molar-refractivity contribution is 5.79. The molecule has 1 saturated heterocycles. The number of rotatable bonds is 4. The van der Waals surface area contributed by atoms with E-state index in [-0.39, 0.29) is 24.0 Å². The number of amides is 1. The molecule has 0 aromatic rings. The van der Waals surface area contributed by atoms with Gasteiger partial charge in [0.05, 0.1) is 12.7 Å². The number of nitrogens with zero attached hydrogens (tertiary/aromatic N) is 1. The van der Waals surface area contributed by atoms with E-state index in [4.69, 9.17) is 10.5 Å². The molecule has 0 aromatic carbocycles. The number of hydrogen-bond acceptors (Lipinski definition) is 4. The second kappa shape index (κ2) is 7.56. The molecular weight excluding hydrogens is 266 g/mol. The number of nitrogens with two attached hydrogens (primary N) is 1. The Bertz CT molecular complexity index is 350. The average molecular weight is 297 g/mol. The summed E-state index contributed by atoms with van der Waals surface area (Å²) in [6, 6.07) is 0.151. The van der Waals surface area contributed by atoms with Crippen molar-refractivity contribution in [3.05, 3.63) is 0 Å². The molecule has 1 saturated carbocycles.